The third-order valence-corrected chi connectivity index (χ3v) is 6.33. The van der Waals surface area contributed by atoms with E-state index in [0.29, 0.717) is 17.9 Å². The molecule has 0 fully saturated rings. The van der Waals surface area contributed by atoms with E-state index in [-0.39, 0.29) is 17.6 Å². The van der Waals surface area contributed by atoms with Crippen molar-refractivity contribution in [2.75, 3.05) is 16.8 Å². The van der Waals surface area contributed by atoms with Gasteiger partial charge >= 0.3 is 0 Å². The van der Waals surface area contributed by atoms with Gasteiger partial charge in [0.25, 0.3) is 5.91 Å². The molecular weight excluding hydrogens is 407 g/mol. The predicted octanol–water partition coefficient (Wildman–Crippen LogP) is 4.44. The van der Waals surface area contributed by atoms with Crippen LogP contribution in [0.15, 0.2) is 42.5 Å². The average Bonchev–Trinajstić information content (AvgIpc) is 3.27. The highest BCUT2D eigenvalue weighted by Gasteiger charge is 2.26. The van der Waals surface area contributed by atoms with E-state index in [2.05, 4.69) is 10.4 Å². The number of nitrogens with zero attached hydrogens (tertiary/aromatic N) is 3. The van der Waals surface area contributed by atoms with Crippen LogP contribution in [0.3, 0.4) is 0 Å². The van der Waals surface area contributed by atoms with Crippen molar-refractivity contribution in [1.29, 1.82) is 0 Å². The lowest BCUT2D eigenvalue weighted by atomic mass is 10.1. The van der Waals surface area contributed by atoms with Crippen molar-refractivity contribution >= 4 is 23.2 Å². The topological polar surface area (TPSA) is 67.2 Å². The second-order valence-electron chi connectivity index (χ2n) is 8.44. The second-order valence-corrected chi connectivity index (χ2v) is 8.44. The lowest BCUT2D eigenvalue weighted by Crippen LogP contribution is -2.25. The Labute approximate surface area is 186 Å². The molecule has 0 saturated heterocycles. The number of aromatic nitrogens is 2. The Kier molecular flexibility index (Phi) is 5.25. The molecule has 3 aromatic rings. The van der Waals surface area contributed by atoms with Crippen LogP contribution in [0.25, 0.3) is 5.69 Å². The molecule has 5 rings (SSSR count). The minimum absolute atomic E-state index is 0.0227. The van der Waals surface area contributed by atoms with Gasteiger partial charge in [-0.2, -0.15) is 5.10 Å². The zero-order valence-electron chi connectivity index (χ0n) is 18.0. The smallest absolute Gasteiger partial charge is 0.276 e. The lowest BCUT2D eigenvalue weighted by Gasteiger charge is -2.15. The van der Waals surface area contributed by atoms with Gasteiger partial charge in [-0.3, -0.25) is 9.59 Å². The van der Waals surface area contributed by atoms with E-state index in [0.717, 1.165) is 66.7 Å². The fraction of sp³-hybridized carbons (Fsp3) is 0.320. The van der Waals surface area contributed by atoms with Crippen LogP contribution in [-0.2, 0) is 24.1 Å². The van der Waals surface area contributed by atoms with Crippen LogP contribution in [0.1, 0.15) is 53.5 Å². The van der Waals surface area contributed by atoms with Crippen molar-refractivity contribution in [1.82, 2.24) is 9.78 Å². The van der Waals surface area contributed by atoms with E-state index in [9.17, 15) is 14.0 Å². The summed E-state index contributed by atoms with van der Waals surface area (Å²) < 4.78 is 15.2. The number of carbonyl (C=O) groups excluding carboxylic acids is 2. The molecule has 0 radical (unpaired) electrons. The molecule has 1 N–H and O–H groups in total. The molecule has 2 heterocycles. The Balaban J connectivity index is 1.46. The number of anilines is 2. The fourth-order valence-electron chi connectivity index (χ4n) is 4.75. The van der Waals surface area contributed by atoms with Gasteiger partial charge in [0.05, 0.1) is 5.69 Å². The summed E-state index contributed by atoms with van der Waals surface area (Å²) in [6.45, 7) is 2.23. The molecule has 2 aliphatic rings. The number of hydrogen-bond donors (Lipinski definition) is 1. The Morgan fingerprint density at radius 3 is 2.56 bits per heavy atom. The summed E-state index contributed by atoms with van der Waals surface area (Å²) >= 11 is 0. The van der Waals surface area contributed by atoms with E-state index in [1.54, 1.807) is 28.6 Å². The summed E-state index contributed by atoms with van der Waals surface area (Å²) in [6.07, 6.45) is 5.58. The predicted molar refractivity (Wildman–Crippen MR) is 121 cm³/mol. The molecule has 2 amide bonds. The van der Waals surface area contributed by atoms with Crippen LogP contribution in [0.2, 0.25) is 0 Å². The Hall–Kier alpha value is -3.48. The third-order valence-electron chi connectivity index (χ3n) is 6.33. The average molecular weight is 432 g/mol. The standard InChI is InChI=1S/C25H25FN4O2/c1-16(31)29-14-13-17-15-19(9-12-22(17)29)27-25(32)24-21-5-3-2-4-6-23(21)30(28-24)20-10-7-18(26)8-11-20/h7-12,15H,2-6,13-14H2,1H3,(H,27,32). The summed E-state index contributed by atoms with van der Waals surface area (Å²) in [5.41, 5.74) is 5.84. The first-order valence-corrected chi connectivity index (χ1v) is 11.1. The molecule has 0 atom stereocenters. The Morgan fingerprint density at radius 2 is 1.78 bits per heavy atom. The van der Waals surface area contributed by atoms with Gasteiger partial charge in [-0.25, -0.2) is 9.07 Å². The third kappa shape index (κ3) is 3.68. The lowest BCUT2D eigenvalue weighted by molar-refractivity contribution is -0.116. The molecule has 164 valence electrons. The van der Waals surface area contributed by atoms with Gasteiger partial charge in [-0.15, -0.1) is 0 Å². The van der Waals surface area contributed by atoms with E-state index in [1.165, 1.54) is 12.1 Å². The number of carbonyl (C=O) groups is 2. The molecule has 2 aromatic carbocycles. The number of fused-ring (bicyclic) bond motifs is 2. The number of rotatable bonds is 3. The van der Waals surface area contributed by atoms with Crippen LogP contribution in [-0.4, -0.2) is 28.1 Å². The highest BCUT2D eigenvalue weighted by atomic mass is 19.1. The minimum atomic E-state index is -0.301. The molecule has 0 saturated carbocycles. The molecule has 6 nitrogen and oxygen atoms in total. The number of benzene rings is 2. The molecule has 0 spiro atoms. The van der Waals surface area contributed by atoms with Crippen molar-refractivity contribution in [2.45, 2.75) is 45.4 Å². The number of halogens is 1. The van der Waals surface area contributed by atoms with E-state index < -0.39 is 0 Å². The van der Waals surface area contributed by atoms with E-state index in [4.69, 9.17) is 0 Å². The van der Waals surface area contributed by atoms with Crippen LogP contribution in [0, 0.1) is 5.82 Å². The zero-order valence-corrected chi connectivity index (χ0v) is 18.0. The van der Waals surface area contributed by atoms with Gasteiger partial charge in [0.2, 0.25) is 5.91 Å². The van der Waals surface area contributed by atoms with Crippen molar-refractivity contribution in [2.24, 2.45) is 0 Å². The Bertz CT molecular complexity index is 1200. The zero-order chi connectivity index (χ0) is 22.2. The number of hydrogen-bond acceptors (Lipinski definition) is 3. The summed E-state index contributed by atoms with van der Waals surface area (Å²) in [5, 5.41) is 7.66. The first-order chi connectivity index (χ1) is 15.5. The number of amides is 2. The van der Waals surface area contributed by atoms with Gasteiger partial charge in [0.1, 0.15) is 5.82 Å². The first kappa shape index (κ1) is 20.4. The summed E-state index contributed by atoms with van der Waals surface area (Å²) in [7, 11) is 0. The molecule has 1 aliphatic heterocycles. The van der Waals surface area contributed by atoms with E-state index >= 15 is 0 Å². The summed E-state index contributed by atoms with van der Waals surface area (Å²) in [6, 6.07) is 11.9. The van der Waals surface area contributed by atoms with Crippen molar-refractivity contribution in [3.8, 4) is 5.69 Å². The number of nitrogens with one attached hydrogen (secondary N) is 1. The van der Waals surface area contributed by atoms with Gasteiger partial charge in [0.15, 0.2) is 5.69 Å². The molecule has 7 heteroatoms. The van der Waals surface area contributed by atoms with Gasteiger partial charge in [-0.1, -0.05) is 6.42 Å². The van der Waals surface area contributed by atoms with Crippen molar-refractivity contribution < 1.29 is 14.0 Å². The molecule has 1 aliphatic carbocycles. The maximum atomic E-state index is 13.4. The van der Waals surface area contributed by atoms with Gasteiger partial charge in [0, 0.05) is 36.1 Å². The molecule has 0 bridgehead atoms. The molecule has 0 unspecified atom stereocenters. The largest absolute Gasteiger partial charge is 0.321 e. The van der Waals surface area contributed by atoms with Gasteiger partial charge in [-0.05, 0) is 80.1 Å². The molecule has 1 aromatic heterocycles. The monoisotopic (exact) mass is 432 g/mol. The van der Waals surface area contributed by atoms with Crippen LogP contribution in [0.4, 0.5) is 15.8 Å². The summed E-state index contributed by atoms with van der Waals surface area (Å²) in [5.74, 6) is -0.523. The quantitative estimate of drug-likeness (QED) is 0.622. The van der Waals surface area contributed by atoms with Crippen LogP contribution < -0.4 is 10.2 Å². The maximum Gasteiger partial charge on any atom is 0.276 e. The highest BCUT2D eigenvalue weighted by molar-refractivity contribution is 6.04. The SMILES string of the molecule is CC(=O)N1CCc2cc(NC(=O)c3nn(-c4ccc(F)cc4)c4c3CCCCC4)ccc21. The Morgan fingerprint density at radius 1 is 1.00 bits per heavy atom. The minimum Gasteiger partial charge on any atom is -0.321 e. The van der Waals surface area contributed by atoms with Gasteiger partial charge < -0.3 is 10.2 Å². The molecular formula is C25H25FN4O2. The van der Waals surface area contributed by atoms with Crippen LogP contribution >= 0.6 is 0 Å². The van der Waals surface area contributed by atoms with E-state index in [1.807, 2.05) is 18.2 Å². The highest BCUT2D eigenvalue weighted by Crippen LogP contribution is 2.31. The van der Waals surface area contributed by atoms with Crippen LogP contribution in [0.5, 0.6) is 0 Å². The normalized spacial score (nSPS) is 15.1. The maximum absolute atomic E-state index is 13.4. The molecule has 32 heavy (non-hydrogen) atoms. The van der Waals surface area contributed by atoms with Crippen molar-refractivity contribution in [3.63, 3.8) is 0 Å². The first-order valence-electron chi connectivity index (χ1n) is 11.1. The second kappa shape index (κ2) is 8.22. The summed E-state index contributed by atoms with van der Waals surface area (Å²) in [4.78, 5) is 26.8. The fourth-order valence-corrected chi connectivity index (χ4v) is 4.75. The van der Waals surface area contributed by atoms with Crippen molar-refractivity contribution in [3.05, 3.63) is 70.8 Å².